The average molecular weight is 377 g/mol. The van der Waals surface area contributed by atoms with E-state index in [1.807, 2.05) is 0 Å². The molecule has 1 aliphatic heterocycles. The number of nitrogens with one attached hydrogen (secondary N) is 1. The van der Waals surface area contributed by atoms with Crippen molar-refractivity contribution >= 4 is 17.2 Å². The van der Waals surface area contributed by atoms with E-state index in [0.717, 1.165) is 73.6 Å². The second-order valence-corrected chi connectivity index (χ2v) is 9.95. The lowest BCUT2D eigenvalue weighted by molar-refractivity contribution is -0.136. The summed E-state index contributed by atoms with van der Waals surface area (Å²) in [5.74, 6) is 1.54. The Morgan fingerprint density at radius 3 is 2.73 bits per heavy atom. The molecule has 4 aliphatic carbocycles. The largest absolute Gasteiger partial charge is 0.390 e. The number of carbonyl (C=O) groups excluding carboxylic acids is 1. The zero-order valence-corrected chi connectivity index (χ0v) is 16.2. The fourth-order valence-corrected chi connectivity index (χ4v) is 7.09. The van der Waals surface area contributed by atoms with E-state index in [4.69, 9.17) is 9.72 Å². The monoisotopic (exact) mass is 376 g/mol. The van der Waals surface area contributed by atoms with Gasteiger partial charge in [0.15, 0.2) is 0 Å². The highest BCUT2D eigenvalue weighted by Gasteiger charge is 2.55. The normalized spacial score (nSPS) is 40.9. The van der Waals surface area contributed by atoms with Crippen LogP contribution in [0.1, 0.15) is 78.3 Å². The molecule has 2 unspecified atom stereocenters. The van der Waals surface area contributed by atoms with E-state index in [9.17, 15) is 9.90 Å². The Labute approximate surface area is 158 Å². The molecule has 2 N–H and O–H groups in total. The van der Waals surface area contributed by atoms with E-state index in [1.54, 1.807) is 0 Å². The van der Waals surface area contributed by atoms with Crippen molar-refractivity contribution in [2.75, 3.05) is 6.61 Å². The minimum Gasteiger partial charge on any atom is -0.390 e. The molecule has 6 rings (SSSR count). The standard InChI is InChI=1S/C20H28N2O3S/c1-2-15-21-17(14-4-3-5-25-14)18(26-15)19(23)22-16-12-6-11-7-13(16)10-20(24,8-11)9-12/h11-14,16,24H,2-10H2,1H3,(H,22,23)/t11?,12?,13?,14-,16?,20?/m1/s1. The number of nitrogens with zero attached hydrogens (tertiary/aromatic N) is 1. The Morgan fingerprint density at radius 1 is 1.35 bits per heavy atom. The van der Waals surface area contributed by atoms with Gasteiger partial charge in [-0.25, -0.2) is 4.98 Å². The number of amides is 1. The maximum absolute atomic E-state index is 13.2. The van der Waals surface area contributed by atoms with Gasteiger partial charge in [0.25, 0.3) is 5.91 Å². The van der Waals surface area contributed by atoms with Gasteiger partial charge < -0.3 is 15.2 Å². The summed E-state index contributed by atoms with van der Waals surface area (Å²) in [6.45, 7) is 2.84. The molecule has 3 atom stereocenters. The first-order chi connectivity index (χ1) is 12.5. The maximum Gasteiger partial charge on any atom is 0.263 e. The van der Waals surface area contributed by atoms with Crippen LogP contribution < -0.4 is 5.32 Å². The van der Waals surface area contributed by atoms with Gasteiger partial charge in [0.1, 0.15) is 11.0 Å². The number of aliphatic hydroxyl groups is 1. The molecule has 0 radical (unpaired) electrons. The van der Waals surface area contributed by atoms with Crippen LogP contribution in [0.5, 0.6) is 0 Å². The third-order valence-electron chi connectivity index (χ3n) is 6.98. The molecule has 1 aromatic rings. The van der Waals surface area contributed by atoms with Crippen LogP contribution in [0.15, 0.2) is 0 Å². The van der Waals surface area contributed by atoms with Crippen LogP contribution in [0.2, 0.25) is 0 Å². The Hall–Kier alpha value is -0.980. The van der Waals surface area contributed by atoms with Gasteiger partial charge in [0, 0.05) is 12.6 Å². The maximum atomic E-state index is 13.2. The van der Waals surface area contributed by atoms with E-state index >= 15 is 0 Å². The number of aromatic nitrogens is 1. The van der Waals surface area contributed by atoms with Gasteiger partial charge >= 0.3 is 0 Å². The molecule has 1 saturated heterocycles. The predicted molar refractivity (Wildman–Crippen MR) is 99.2 cm³/mol. The second kappa shape index (κ2) is 6.28. The lowest BCUT2D eigenvalue weighted by Gasteiger charge is -2.58. The molecule has 2 heterocycles. The average Bonchev–Trinajstić information content (AvgIpc) is 3.25. The first kappa shape index (κ1) is 17.1. The quantitative estimate of drug-likeness (QED) is 0.846. The van der Waals surface area contributed by atoms with E-state index in [-0.39, 0.29) is 18.1 Å². The molecule has 5 aliphatic rings. The highest BCUT2D eigenvalue weighted by atomic mass is 32.1. The molecule has 0 spiro atoms. The first-order valence-corrected chi connectivity index (χ1v) is 11.0. The van der Waals surface area contributed by atoms with Gasteiger partial charge in [-0.2, -0.15) is 0 Å². The van der Waals surface area contributed by atoms with Gasteiger partial charge in [0.2, 0.25) is 0 Å². The molecular formula is C20H28N2O3S. The van der Waals surface area contributed by atoms with Crippen molar-refractivity contribution in [3.63, 3.8) is 0 Å². The molecule has 1 aromatic heterocycles. The fourth-order valence-electron chi connectivity index (χ4n) is 6.14. The summed E-state index contributed by atoms with van der Waals surface area (Å²) in [4.78, 5) is 18.6. The molecule has 0 aromatic carbocycles. The summed E-state index contributed by atoms with van der Waals surface area (Å²) in [6.07, 6.45) is 7.81. The zero-order chi connectivity index (χ0) is 17.9. The van der Waals surface area contributed by atoms with Crippen molar-refractivity contribution in [2.45, 2.75) is 76.0 Å². The van der Waals surface area contributed by atoms with Crippen LogP contribution in [-0.4, -0.2) is 34.2 Å². The van der Waals surface area contributed by atoms with Crippen LogP contribution in [0, 0.1) is 17.8 Å². The molecule has 6 heteroatoms. The number of hydrogen-bond donors (Lipinski definition) is 2. The van der Waals surface area contributed by atoms with Crippen LogP contribution in [0.25, 0.3) is 0 Å². The number of carbonyl (C=O) groups is 1. The minimum atomic E-state index is -0.458. The number of hydrogen-bond acceptors (Lipinski definition) is 5. The van der Waals surface area contributed by atoms with Crippen molar-refractivity contribution in [1.82, 2.24) is 10.3 Å². The van der Waals surface area contributed by atoms with Crippen molar-refractivity contribution in [2.24, 2.45) is 17.8 Å². The highest BCUT2D eigenvalue weighted by Crippen LogP contribution is 2.55. The van der Waals surface area contributed by atoms with Crippen molar-refractivity contribution in [1.29, 1.82) is 0 Å². The van der Waals surface area contributed by atoms with Crippen LogP contribution in [0.3, 0.4) is 0 Å². The number of aryl methyl sites for hydroxylation is 1. The summed E-state index contributed by atoms with van der Waals surface area (Å²) < 4.78 is 5.82. The second-order valence-electron chi connectivity index (χ2n) is 8.87. The van der Waals surface area contributed by atoms with Crippen molar-refractivity contribution < 1.29 is 14.6 Å². The molecule has 5 fully saturated rings. The molecule has 4 saturated carbocycles. The highest BCUT2D eigenvalue weighted by molar-refractivity contribution is 7.13. The van der Waals surface area contributed by atoms with E-state index in [1.165, 1.54) is 11.3 Å². The lowest BCUT2D eigenvalue weighted by atomic mass is 9.52. The summed E-state index contributed by atoms with van der Waals surface area (Å²) in [7, 11) is 0. The Bertz CT molecular complexity index is 696. The molecule has 5 nitrogen and oxygen atoms in total. The summed E-state index contributed by atoms with van der Waals surface area (Å²) in [6, 6.07) is 0.212. The Kier molecular flexibility index (Phi) is 4.14. The zero-order valence-electron chi connectivity index (χ0n) is 15.4. The lowest BCUT2D eigenvalue weighted by Crippen LogP contribution is -2.61. The van der Waals surface area contributed by atoms with Gasteiger partial charge in [-0.1, -0.05) is 6.92 Å². The molecular weight excluding hydrogens is 348 g/mol. The number of thiazole rings is 1. The first-order valence-electron chi connectivity index (χ1n) is 10.2. The van der Waals surface area contributed by atoms with E-state index in [2.05, 4.69) is 12.2 Å². The Balaban J connectivity index is 1.37. The Morgan fingerprint density at radius 2 is 2.12 bits per heavy atom. The summed E-state index contributed by atoms with van der Waals surface area (Å²) in [5, 5.41) is 15.1. The summed E-state index contributed by atoms with van der Waals surface area (Å²) >= 11 is 1.53. The third-order valence-corrected chi connectivity index (χ3v) is 8.19. The van der Waals surface area contributed by atoms with Crippen LogP contribution >= 0.6 is 11.3 Å². The van der Waals surface area contributed by atoms with E-state index in [0.29, 0.717) is 17.8 Å². The van der Waals surface area contributed by atoms with Crippen LogP contribution in [-0.2, 0) is 11.2 Å². The number of ether oxygens (including phenoxy) is 1. The van der Waals surface area contributed by atoms with Crippen molar-refractivity contribution in [3.05, 3.63) is 15.6 Å². The minimum absolute atomic E-state index is 0.0217. The predicted octanol–water partition coefficient (Wildman–Crippen LogP) is 3.23. The third kappa shape index (κ3) is 2.81. The number of rotatable bonds is 4. The van der Waals surface area contributed by atoms with Gasteiger partial charge in [-0.3, -0.25) is 4.79 Å². The SMILES string of the molecule is CCc1nc([C@H]2CCCO2)c(C(=O)NC2C3CC4CC2CC(O)(C4)C3)s1. The van der Waals surface area contributed by atoms with Gasteiger partial charge in [-0.05, 0) is 69.1 Å². The van der Waals surface area contributed by atoms with Gasteiger partial charge in [0.05, 0.1) is 16.3 Å². The summed E-state index contributed by atoms with van der Waals surface area (Å²) in [5.41, 5.74) is 0.393. The molecule has 4 bridgehead atoms. The van der Waals surface area contributed by atoms with Crippen molar-refractivity contribution in [3.8, 4) is 0 Å². The fraction of sp³-hybridized carbons (Fsp3) is 0.800. The van der Waals surface area contributed by atoms with Gasteiger partial charge in [-0.15, -0.1) is 11.3 Å². The molecule has 26 heavy (non-hydrogen) atoms. The van der Waals surface area contributed by atoms with E-state index < -0.39 is 5.60 Å². The molecule has 142 valence electrons. The topological polar surface area (TPSA) is 71.5 Å². The molecule has 1 amide bonds. The smallest absolute Gasteiger partial charge is 0.263 e. The van der Waals surface area contributed by atoms with Crippen LogP contribution in [0.4, 0.5) is 0 Å².